The van der Waals surface area contributed by atoms with Crippen LogP contribution in [-0.4, -0.2) is 42.3 Å². The van der Waals surface area contributed by atoms with Crippen LogP contribution in [0.25, 0.3) is 5.57 Å². The molecule has 1 saturated carbocycles. The van der Waals surface area contributed by atoms with Crippen molar-refractivity contribution in [2.45, 2.75) is 58.2 Å². The van der Waals surface area contributed by atoms with E-state index in [1.54, 1.807) is 33.9 Å². The number of ketones is 1. The second-order valence-corrected chi connectivity index (χ2v) is 9.40. The Morgan fingerprint density at radius 2 is 2.03 bits per heavy atom. The normalized spacial score (nSPS) is 23.2. The van der Waals surface area contributed by atoms with E-state index in [9.17, 15) is 14.7 Å². The van der Waals surface area contributed by atoms with E-state index < -0.39 is 17.7 Å². The van der Waals surface area contributed by atoms with E-state index in [1.807, 2.05) is 12.2 Å². The third kappa shape index (κ3) is 3.46. The summed E-state index contributed by atoms with van der Waals surface area (Å²) in [6.07, 6.45) is 5.42. The number of benzene rings is 1. The molecule has 0 radical (unpaired) electrons. The highest BCUT2D eigenvalue weighted by atomic mass is 16.6. The number of carbonyl (C=O) groups excluding carboxylic acids is 2. The SMILES string of the molecule is CCOC(=O)C1=C2C=C[C@H]3CC(=O)CCC3=C2c2c(cc3c(c2OC)C[C@@H](C(C)(C)O)O3)O1. The van der Waals surface area contributed by atoms with E-state index >= 15 is 0 Å². The van der Waals surface area contributed by atoms with Crippen LogP contribution in [0, 0.1) is 5.92 Å². The zero-order valence-electron chi connectivity index (χ0n) is 19.3. The lowest BCUT2D eigenvalue weighted by molar-refractivity contribution is -0.141. The zero-order valence-corrected chi connectivity index (χ0v) is 19.3. The number of carbonyl (C=O) groups is 2. The molecule has 1 aromatic rings. The number of fused-ring (bicyclic) bond motifs is 5. The molecule has 2 aliphatic heterocycles. The van der Waals surface area contributed by atoms with Crippen molar-refractivity contribution in [3.05, 3.63) is 46.3 Å². The first-order valence-electron chi connectivity index (χ1n) is 11.4. The second-order valence-electron chi connectivity index (χ2n) is 9.40. The molecule has 0 aromatic heterocycles. The van der Waals surface area contributed by atoms with Gasteiger partial charge >= 0.3 is 5.97 Å². The Kier molecular flexibility index (Phi) is 5.12. The second kappa shape index (κ2) is 7.76. The van der Waals surface area contributed by atoms with Gasteiger partial charge in [0.15, 0.2) is 0 Å². The molecule has 0 saturated heterocycles. The molecule has 2 heterocycles. The molecule has 0 amide bonds. The van der Waals surface area contributed by atoms with E-state index in [0.717, 1.165) is 22.3 Å². The van der Waals surface area contributed by atoms with Gasteiger partial charge in [0.2, 0.25) is 5.76 Å². The summed E-state index contributed by atoms with van der Waals surface area (Å²) in [5.74, 6) is 1.43. The number of allylic oxidation sites excluding steroid dienone is 5. The maximum absolute atomic E-state index is 12.8. The molecule has 7 heteroatoms. The molecule has 1 aromatic carbocycles. The van der Waals surface area contributed by atoms with Gasteiger partial charge in [0.1, 0.15) is 29.1 Å². The third-order valence-electron chi connectivity index (χ3n) is 6.78. The van der Waals surface area contributed by atoms with Crippen LogP contribution < -0.4 is 14.2 Å². The summed E-state index contributed by atoms with van der Waals surface area (Å²) in [6, 6.07) is 1.77. The summed E-state index contributed by atoms with van der Waals surface area (Å²) in [5, 5.41) is 10.5. The number of aliphatic hydroxyl groups is 1. The molecule has 33 heavy (non-hydrogen) atoms. The lowest BCUT2D eigenvalue weighted by atomic mass is 9.73. The van der Waals surface area contributed by atoms with Crippen molar-refractivity contribution >= 4 is 17.3 Å². The Bertz CT molecular complexity index is 1150. The number of rotatable bonds is 4. The summed E-state index contributed by atoms with van der Waals surface area (Å²) in [6.45, 7) is 5.40. The number of hydrogen-bond donors (Lipinski definition) is 1. The number of hydrogen-bond acceptors (Lipinski definition) is 7. The zero-order chi connectivity index (χ0) is 23.5. The molecule has 0 bridgehead atoms. The first kappa shape index (κ1) is 21.8. The van der Waals surface area contributed by atoms with Crippen LogP contribution >= 0.6 is 0 Å². The van der Waals surface area contributed by atoms with Crippen LogP contribution in [0.5, 0.6) is 17.2 Å². The Morgan fingerprint density at radius 1 is 1.24 bits per heavy atom. The van der Waals surface area contributed by atoms with Crippen molar-refractivity contribution in [3.63, 3.8) is 0 Å². The summed E-state index contributed by atoms with van der Waals surface area (Å²) in [5.41, 5.74) is 3.21. The van der Waals surface area contributed by atoms with Crippen molar-refractivity contribution in [2.24, 2.45) is 5.92 Å². The first-order chi connectivity index (χ1) is 15.7. The Hall–Kier alpha value is -3.06. The smallest absolute Gasteiger partial charge is 0.374 e. The highest BCUT2D eigenvalue weighted by Crippen LogP contribution is 2.55. The summed E-state index contributed by atoms with van der Waals surface area (Å²) in [4.78, 5) is 25.0. The van der Waals surface area contributed by atoms with Gasteiger partial charge in [-0.3, -0.25) is 4.79 Å². The highest BCUT2D eigenvalue weighted by Gasteiger charge is 2.43. The topological polar surface area (TPSA) is 91.3 Å². The number of ether oxygens (including phenoxy) is 4. The van der Waals surface area contributed by atoms with Gasteiger partial charge < -0.3 is 24.1 Å². The van der Waals surface area contributed by atoms with E-state index in [2.05, 4.69) is 0 Å². The van der Waals surface area contributed by atoms with Crippen LogP contribution in [0.15, 0.2) is 35.1 Å². The molecule has 2 atom stereocenters. The maximum Gasteiger partial charge on any atom is 0.374 e. The summed E-state index contributed by atoms with van der Waals surface area (Å²) >= 11 is 0. The van der Waals surface area contributed by atoms with Gasteiger partial charge in [-0.1, -0.05) is 17.7 Å². The lowest BCUT2D eigenvalue weighted by Crippen LogP contribution is -2.39. The molecule has 174 valence electrons. The van der Waals surface area contributed by atoms with E-state index in [0.29, 0.717) is 48.5 Å². The van der Waals surface area contributed by atoms with Gasteiger partial charge in [-0.15, -0.1) is 0 Å². The summed E-state index contributed by atoms with van der Waals surface area (Å²) in [7, 11) is 1.60. The van der Waals surface area contributed by atoms with Crippen molar-refractivity contribution in [1.82, 2.24) is 0 Å². The fourth-order valence-electron chi connectivity index (χ4n) is 5.16. The minimum Gasteiger partial charge on any atom is -0.496 e. The lowest BCUT2D eigenvalue weighted by Gasteiger charge is -2.34. The van der Waals surface area contributed by atoms with Crippen molar-refractivity contribution in [3.8, 4) is 17.2 Å². The quantitative estimate of drug-likeness (QED) is 0.697. The molecule has 5 rings (SSSR count). The predicted octanol–water partition coefficient (Wildman–Crippen LogP) is 3.67. The number of methoxy groups -OCH3 is 1. The van der Waals surface area contributed by atoms with Crippen LogP contribution in [-0.2, 0) is 20.7 Å². The summed E-state index contributed by atoms with van der Waals surface area (Å²) < 4.78 is 23.4. The maximum atomic E-state index is 12.8. The van der Waals surface area contributed by atoms with E-state index in [1.165, 1.54) is 0 Å². The Morgan fingerprint density at radius 3 is 2.73 bits per heavy atom. The van der Waals surface area contributed by atoms with Gasteiger partial charge in [-0.05, 0) is 27.2 Å². The molecular weight excluding hydrogens is 424 g/mol. The van der Waals surface area contributed by atoms with Crippen LogP contribution in [0.3, 0.4) is 0 Å². The van der Waals surface area contributed by atoms with E-state index in [-0.39, 0.29) is 24.1 Å². The molecule has 4 aliphatic rings. The minimum absolute atomic E-state index is 0.0160. The first-order valence-corrected chi connectivity index (χ1v) is 11.4. The van der Waals surface area contributed by atoms with Crippen molar-refractivity contribution < 1.29 is 33.6 Å². The van der Waals surface area contributed by atoms with Crippen LogP contribution in [0.1, 0.15) is 51.2 Å². The van der Waals surface area contributed by atoms with Gasteiger partial charge in [-0.2, -0.15) is 0 Å². The molecular formula is C26H28O7. The third-order valence-corrected chi connectivity index (χ3v) is 6.78. The minimum atomic E-state index is -1.05. The van der Waals surface area contributed by atoms with Crippen molar-refractivity contribution in [2.75, 3.05) is 13.7 Å². The fraction of sp³-hybridized carbons (Fsp3) is 0.462. The average molecular weight is 453 g/mol. The van der Waals surface area contributed by atoms with Gasteiger partial charge in [-0.25, -0.2) is 4.79 Å². The van der Waals surface area contributed by atoms with Gasteiger partial charge in [0.05, 0.1) is 24.9 Å². The van der Waals surface area contributed by atoms with Gasteiger partial charge in [0, 0.05) is 48.0 Å². The predicted molar refractivity (Wildman–Crippen MR) is 120 cm³/mol. The standard InChI is InChI=1S/C26H28O7/c1-5-31-25(28)24-16-8-6-13-10-14(27)7-9-15(13)21(16)22-19(33-24)12-18-17(23(22)30-4)11-20(32-18)26(2,3)29/h6,8,12-13,20,29H,5,7,9-11H2,1-4H3/t13-,20-/m0/s1. The van der Waals surface area contributed by atoms with Crippen LogP contribution in [0.4, 0.5) is 0 Å². The molecule has 7 nitrogen and oxygen atoms in total. The number of esters is 1. The largest absolute Gasteiger partial charge is 0.496 e. The highest BCUT2D eigenvalue weighted by molar-refractivity contribution is 6.02. The molecule has 0 unspecified atom stereocenters. The average Bonchev–Trinajstić information content (AvgIpc) is 3.20. The Labute approximate surface area is 192 Å². The molecule has 2 aliphatic carbocycles. The monoisotopic (exact) mass is 452 g/mol. The van der Waals surface area contributed by atoms with E-state index in [4.69, 9.17) is 18.9 Å². The Balaban J connectivity index is 1.73. The number of Topliss-reactive ketones (excluding diaryl/α,β-unsaturated/α-hetero) is 1. The molecule has 1 fully saturated rings. The van der Waals surface area contributed by atoms with Crippen molar-refractivity contribution in [1.29, 1.82) is 0 Å². The molecule has 0 spiro atoms. The van der Waals surface area contributed by atoms with Crippen LogP contribution in [0.2, 0.25) is 0 Å². The fourth-order valence-corrected chi connectivity index (χ4v) is 5.16. The van der Waals surface area contributed by atoms with Gasteiger partial charge in [0.25, 0.3) is 0 Å². The molecule has 1 N–H and O–H groups in total.